The lowest BCUT2D eigenvalue weighted by Gasteiger charge is -2.16. The van der Waals surface area contributed by atoms with E-state index in [1.165, 1.54) is 23.5 Å². The molecule has 0 radical (unpaired) electrons. The van der Waals surface area contributed by atoms with E-state index < -0.39 is 0 Å². The van der Waals surface area contributed by atoms with Crippen LogP contribution in [0.2, 0.25) is 0 Å². The van der Waals surface area contributed by atoms with Crippen molar-refractivity contribution in [2.24, 2.45) is 0 Å². The highest BCUT2D eigenvalue weighted by atomic mass is 79.9. The van der Waals surface area contributed by atoms with Gasteiger partial charge < -0.3 is 10.2 Å². The van der Waals surface area contributed by atoms with Crippen molar-refractivity contribution in [3.8, 4) is 0 Å². The summed E-state index contributed by atoms with van der Waals surface area (Å²) in [7, 11) is 3.56. The molecule has 0 unspecified atom stereocenters. The Morgan fingerprint density at radius 1 is 1.75 bits per heavy atom. The number of amides is 2. The molecule has 0 bridgehead atoms. The van der Waals surface area contributed by atoms with Gasteiger partial charge in [-0.05, 0) is 39.4 Å². The molecule has 1 aromatic heterocycles. The first kappa shape index (κ1) is 13.6. The van der Waals surface area contributed by atoms with Gasteiger partial charge in [-0.2, -0.15) is 4.37 Å². The maximum Gasteiger partial charge on any atom is 0.324 e. The Kier molecular flexibility index (Phi) is 5.93. The van der Waals surface area contributed by atoms with Gasteiger partial charge in [0.1, 0.15) is 0 Å². The molecule has 0 aromatic carbocycles. The summed E-state index contributed by atoms with van der Waals surface area (Å²) in [5.41, 5.74) is 0. The van der Waals surface area contributed by atoms with Crippen molar-refractivity contribution < 1.29 is 4.79 Å². The molecule has 2 amide bonds. The summed E-state index contributed by atoms with van der Waals surface area (Å²) in [6, 6.07) is -0.178. The van der Waals surface area contributed by atoms with E-state index in [2.05, 4.69) is 30.3 Å². The average molecular weight is 325 g/mol. The number of hydrogen-bond acceptors (Lipinski definition) is 5. The zero-order valence-corrected chi connectivity index (χ0v) is 12.2. The molecule has 5 nitrogen and oxygen atoms in total. The van der Waals surface area contributed by atoms with Crippen LogP contribution in [0.15, 0.2) is 9.85 Å². The van der Waals surface area contributed by atoms with Gasteiger partial charge in [-0.25, -0.2) is 4.79 Å². The maximum atomic E-state index is 10.9. The van der Waals surface area contributed by atoms with Crippen molar-refractivity contribution >= 4 is 51.3 Å². The summed E-state index contributed by atoms with van der Waals surface area (Å²) in [5, 5.41) is 4.43. The van der Waals surface area contributed by atoms with Crippen LogP contribution in [0.5, 0.6) is 0 Å². The molecule has 0 aliphatic rings. The molecule has 0 atom stereocenters. The Labute approximate surface area is 111 Å². The largest absolute Gasteiger partial charge is 0.357 e. The van der Waals surface area contributed by atoms with Gasteiger partial charge in [0.15, 0.2) is 5.82 Å². The molecule has 1 aromatic rings. The normalized spacial score (nSPS) is 9.94. The number of carbonyl (C=O) groups is 1. The highest BCUT2D eigenvalue weighted by molar-refractivity contribution is 9.10. The second-order valence-electron chi connectivity index (χ2n) is 2.94. The van der Waals surface area contributed by atoms with Gasteiger partial charge >= 0.3 is 6.03 Å². The number of rotatable bonds is 5. The molecule has 16 heavy (non-hydrogen) atoms. The van der Waals surface area contributed by atoms with E-state index in [1.807, 2.05) is 17.3 Å². The predicted molar refractivity (Wildman–Crippen MR) is 73.1 cm³/mol. The fourth-order valence-electron chi connectivity index (χ4n) is 0.927. The second-order valence-corrected chi connectivity index (χ2v) is 5.32. The minimum Gasteiger partial charge on any atom is -0.357 e. The molecule has 1 rings (SSSR count). The molecular formula is C8H13BrN4OS2. The van der Waals surface area contributed by atoms with Gasteiger partial charge in [-0.3, -0.25) is 4.72 Å². The number of halogens is 1. The van der Waals surface area contributed by atoms with Gasteiger partial charge in [0.2, 0.25) is 0 Å². The standard InChI is InChI=1S/C8H13BrN4OS2/c1-10-8(14)12-15-4-3-13(2)7-6(9)5-16-11-7/h5H,3-4H2,1-2H3,(H2,10,12,14). The molecule has 0 spiro atoms. The van der Waals surface area contributed by atoms with E-state index in [4.69, 9.17) is 0 Å². The number of nitrogens with one attached hydrogen (secondary N) is 2. The molecular weight excluding hydrogens is 312 g/mol. The number of hydrogen-bond donors (Lipinski definition) is 2. The van der Waals surface area contributed by atoms with Crippen LogP contribution in [0, 0.1) is 0 Å². The quantitative estimate of drug-likeness (QED) is 0.641. The van der Waals surface area contributed by atoms with Crippen LogP contribution in [0.1, 0.15) is 0 Å². The van der Waals surface area contributed by atoms with Crippen LogP contribution in [0.3, 0.4) is 0 Å². The highest BCUT2D eigenvalue weighted by Gasteiger charge is 2.08. The van der Waals surface area contributed by atoms with Crippen LogP contribution in [0.25, 0.3) is 0 Å². The third-order valence-corrected chi connectivity index (χ3v) is 4.01. The Morgan fingerprint density at radius 2 is 2.50 bits per heavy atom. The SMILES string of the molecule is CNC(=O)NSCCN(C)c1nscc1Br. The molecule has 90 valence electrons. The van der Waals surface area contributed by atoms with Gasteiger partial charge in [0.05, 0.1) is 4.47 Å². The first-order chi connectivity index (χ1) is 7.65. The van der Waals surface area contributed by atoms with Gasteiger partial charge in [0.25, 0.3) is 0 Å². The van der Waals surface area contributed by atoms with Crippen LogP contribution in [0.4, 0.5) is 10.6 Å². The van der Waals surface area contributed by atoms with E-state index in [0.29, 0.717) is 0 Å². The van der Waals surface area contributed by atoms with E-state index in [0.717, 1.165) is 22.6 Å². The van der Waals surface area contributed by atoms with E-state index >= 15 is 0 Å². The Balaban J connectivity index is 2.23. The Bertz CT molecular complexity index is 347. The zero-order valence-electron chi connectivity index (χ0n) is 8.99. The molecule has 0 aliphatic carbocycles. The smallest absolute Gasteiger partial charge is 0.324 e. The summed E-state index contributed by atoms with van der Waals surface area (Å²) in [5.74, 6) is 1.74. The van der Waals surface area contributed by atoms with Crippen molar-refractivity contribution in [1.29, 1.82) is 0 Å². The Hall–Kier alpha value is -0.470. The topological polar surface area (TPSA) is 57.3 Å². The fourth-order valence-corrected chi connectivity index (χ4v) is 2.98. The molecule has 0 aliphatic heterocycles. The third-order valence-electron chi connectivity index (χ3n) is 1.79. The maximum absolute atomic E-state index is 10.9. The second kappa shape index (κ2) is 6.97. The summed E-state index contributed by atoms with van der Waals surface area (Å²) in [4.78, 5) is 12.9. The number of carbonyl (C=O) groups excluding carboxylic acids is 1. The number of urea groups is 1. The molecule has 2 N–H and O–H groups in total. The number of anilines is 1. The molecule has 0 fully saturated rings. The summed E-state index contributed by atoms with van der Waals surface area (Å²) in [6.07, 6.45) is 0. The number of nitrogens with zero attached hydrogens (tertiary/aromatic N) is 2. The molecule has 8 heteroatoms. The predicted octanol–water partition coefficient (Wildman–Crippen LogP) is 1.92. The number of aromatic nitrogens is 1. The van der Waals surface area contributed by atoms with Crippen LogP contribution >= 0.6 is 39.4 Å². The average Bonchev–Trinajstić information content (AvgIpc) is 2.70. The molecule has 0 saturated heterocycles. The van der Waals surface area contributed by atoms with Crippen molar-refractivity contribution in [3.63, 3.8) is 0 Å². The first-order valence-corrected chi connectivity index (χ1v) is 7.17. The van der Waals surface area contributed by atoms with Crippen molar-refractivity contribution in [3.05, 3.63) is 9.85 Å². The summed E-state index contributed by atoms with van der Waals surface area (Å²) >= 11 is 6.22. The van der Waals surface area contributed by atoms with Crippen LogP contribution < -0.4 is 14.9 Å². The van der Waals surface area contributed by atoms with Crippen LogP contribution in [-0.2, 0) is 0 Å². The third kappa shape index (κ3) is 4.18. The van der Waals surface area contributed by atoms with Crippen molar-refractivity contribution in [2.45, 2.75) is 0 Å². The lowest BCUT2D eigenvalue weighted by atomic mass is 10.5. The van der Waals surface area contributed by atoms with Crippen LogP contribution in [-0.4, -0.2) is 36.8 Å². The van der Waals surface area contributed by atoms with E-state index in [9.17, 15) is 4.79 Å². The summed E-state index contributed by atoms with van der Waals surface area (Å²) in [6.45, 7) is 0.816. The van der Waals surface area contributed by atoms with Gasteiger partial charge in [0, 0.05) is 31.8 Å². The summed E-state index contributed by atoms with van der Waals surface area (Å²) < 4.78 is 7.92. The Morgan fingerprint density at radius 3 is 3.06 bits per heavy atom. The van der Waals surface area contributed by atoms with Gasteiger partial charge in [-0.15, -0.1) is 0 Å². The van der Waals surface area contributed by atoms with E-state index in [-0.39, 0.29) is 6.03 Å². The van der Waals surface area contributed by atoms with Crippen molar-refractivity contribution in [1.82, 2.24) is 14.4 Å². The first-order valence-electron chi connectivity index (χ1n) is 4.55. The van der Waals surface area contributed by atoms with Gasteiger partial charge in [-0.1, -0.05) is 0 Å². The monoisotopic (exact) mass is 324 g/mol. The highest BCUT2D eigenvalue weighted by Crippen LogP contribution is 2.25. The fraction of sp³-hybridized carbons (Fsp3) is 0.500. The van der Waals surface area contributed by atoms with Crippen molar-refractivity contribution in [2.75, 3.05) is 31.3 Å². The molecule has 0 saturated carbocycles. The zero-order chi connectivity index (χ0) is 12.0. The minimum absolute atomic E-state index is 0.178. The molecule has 1 heterocycles. The lowest BCUT2D eigenvalue weighted by Crippen LogP contribution is -2.29. The van der Waals surface area contributed by atoms with E-state index in [1.54, 1.807) is 7.05 Å². The lowest BCUT2D eigenvalue weighted by molar-refractivity contribution is 0.248. The minimum atomic E-state index is -0.178.